The molecule has 2 amide bonds. The third-order valence-electron chi connectivity index (χ3n) is 7.42. The predicted octanol–water partition coefficient (Wildman–Crippen LogP) is 3.60. The minimum atomic E-state index is -0.303. The van der Waals surface area contributed by atoms with Gasteiger partial charge in [0.05, 0.1) is 23.8 Å². The number of piperazine rings is 1. The number of nitrogens with zero attached hydrogens (tertiary/aromatic N) is 4. The molecule has 11 nitrogen and oxygen atoms in total. The van der Waals surface area contributed by atoms with Crippen LogP contribution in [-0.4, -0.2) is 72.1 Å². The molecule has 12 heteroatoms. The lowest BCUT2D eigenvalue weighted by Crippen LogP contribution is -2.49. The van der Waals surface area contributed by atoms with Crippen molar-refractivity contribution in [1.82, 2.24) is 14.5 Å². The first-order valence-corrected chi connectivity index (χ1v) is 15.0. The van der Waals surface area contributed by atoms with Crippen molar-refractivity contribution in [2.45, 2.75) is 18.1 Å². The van der Waals surface area contributed by atoms with Crippen LogP contribution in [0.4, 0.5) is 11.4 Å². The van der Waals surface area contributed by atoms with Gasteiger partial charge in [0.15, 0.2) is 16.7 Å². The van der Waals surface area contributed by atoms with Crippen LogP contribution >= 0.6 is 11.8 Å². The van der Waals surface area contributed by atoms with E-state index in [0.717, 1.165) is 30.5 Å². The van der Waals surface area contributed by atoms with Gasteiger partial charge in [-0.15, -0.1) is 0 Å². The summed E-state index contributed by atoms with van der Waals surface area (Å²) in [6.45, 7) is 2.90. The Labute approximate surface area is 252 Å². The summed E-state index contributed by atoms with van der Waals surface area (Å²) in [5, 5.41) is 3.56. The smallest absolute Gasteiger partial charge is 0.262 e. The van der Waals surface area contributed by atoms with E-state index in [1.807, 2.05) is 23.1 Å². The average Bonchev–Trinajstić information content (AvgIpc) is 3.51. The zero-order chi connectivity index (χ0) is 29.8. The number of anilines is 2. The van der Waals surface area contributed by atoms with Crippen LogP contribution in [0, 0.1) is 0 Å². The van der Waals surface area contributed by atoms with Gasteiger partial charge in [0, 0.05) is 56.6 Å². The lowest BCUT2D eigenvalue weighted by Gasteiger charge is -2.36. The van der Waals surface area contributed by atoms with Gasteiger partial charge in [-0.3, -0.25) is 19.0 Å². The number of amides is 2. The fraction of sp³-hybridized carbons (Fsp3) is 0.290. The zero-order valence-electron chi connectivity index (χ0n) is 23.7. The fourth-order valence-corrected chi connectivity index (χ4v) is 5.94. The molecule has 1 aromatic heterocycles. The van der Waals surface area contributed by atoms with Gasteiger partial charge in [-0.25, -0.2) is 4.98 Å². The molecule has 0 bridgehead atoms. The highest BCUT2D eigenvalue weighted by Crippen LogP contribution is 2.35. The van der Waals surface area contributed by atoms with E-state index < -0.39 is 0 Å². The molecule has 0 aliphatic carbocycles. The van der Waals surface area contributed by atoms with Gasteiger partial charge in [0.2, 0.25) is 18.6 Å². The van der Waals surface area contributed by atoms with Gasteiger partial charge >= 0.3 is 0 Å². The average molecular weight is 602 g/mol. The van der Waals surface area contributed by atoms with Crippen molar-refractivity contribution in [2.24, 2.45) is 0 Å². The molecule has 2 aliphatic heterocycles. The number of benzene rings is 3. The number of aromatic nitrogens is 2. The predicted molar refractivity (Wildman–Crippen MR) is 164 cm³/mol. The van der Waals surface area contributed by atoms with Crippen LogP contribution in [0.3, 0.4) is 0 Å². The molecule has 1 N–H and O–H groups in total. The number of carbonyl (C=O) groups excluding carboxylic acids is 2. The highest BCUT2D eigenvalue weighted by atomic mass is 32.2. The summed E-state index contributed by atoms with van der Waals surface area (Å²) in [5.74, 6) is 1.40. The number of nitrogens with one attached hydrogen (secondary N) is 1. The first-order chi connectivity index (χ1) is 21.0. The summed E-state index contributed by atoms with van der Waals surface area (Å²) in [4.78, 5) is 48.5. The summed E-state index contributed by atoms with van der Waals surface area (Å²) in [6, 6.07) is 20.4. The Morgan fingerprint density at radius 1 is 0.977 bits per heavy atom. The van der Waals surface area contributed by atoms with E-state index in [9.17, 15) is 14.4 Å². The molecular weight excluding hydrogens is 570 g/mol. The molecule has 6 rings (SSSR count). The summed E-state index contributed by atoms with van der Waals surface area (Å²) >= 11 is 1.14. The van der Waals surface area contributed by atoms with E-state index in [1.165, 1.54) is 4.57 Å². The van der Waals surface area contributed by atoms with Crippen molar-refractivity contribution in [1.29, 1.82) is 0 Å². The van der Waals surface area contributed by atoms with Gasteiger partial charge in [0.25, 0.3) is 5.56 Å². The largest absolute Gasteiger partial charge is 0.497 e. The van der Waals surface area contributed by atoms with E-state index in [-0.39, 0.29) is 42.9 Å². The molecule has 0 radical (unpaired) electrons. The van der Waals surface area contributed by atoms with Crippen molar-refractivity contribution in [3.63, 3.8) is 0 Å². The first-order valence-electron chi connectivity index (χ1n) is 14.0. The highest BCUT2D eigenvalue weighted by molar-refractivity contribution is 7.99. The monoisotopic (exact) mass is 601 g/mol. The van der Waals surface area contributed by atoms with Crippen LogP contribution in [0.15, 0.2) is 76.7 Å². The number of thioether (sulfide) groups is 1. The van der Waals surface area contributed by atoms with Crippen molar-refractivity contribution in [2.75, 3.05) is 56.1 Å². The molecule has 3 aromatic carbocycles. The highest BCUT2D eigenvalue weighted by Gasteiger charge is 2.23. The van der Waals surface area contributed by atoms with Crippen molar-refractivity contribution in [3.8, 4) is 17.2 Å². The number of hydrogen-bond acceptors (Lipinski definition) is 9. The second-order valence-corrected chi connectivity index (χ2v) is 11.0. The molecule has 43 heavy (non-hydrogen) atoms. The molecule has 3 heterocycles. The van der Waals surface area contributed by atoms with Crippen molar-refractivity contribution >= 4 is 45.9 Å². The van der Waals surface area contributed by atoms with Crippen LogP contribution in [0.1, 0.15) is 6.42 Å². The zero-order valence-corrected chi connectivity index (χ0v) is 24.5. The van der Waals surface area contributed by atoms with Crippen LogP contribution in [0.2, 0.25) is 0 Å². The second kappa shape index (κ2) is 12.7. The second-order valence-electron chi connectivity index (χ2n) is 10.1. The van der Waals surface area contributed by atoms with E-state index in [2.05, 4.69) is 22.3 Å². The molecule has 0 saturated carbocycles. The number of para-hydroxylation sites is 1. The van der Waals surface area contributed by atoms with Crippen molar-refractivity contribution < 1.29 is 23.8 Å². The number of methoxy groups -OCH3 is 1. The molecule has 4 aromatic rings. The molecule has 1 saturated heterocycles. The summed E-state index contributed by atoms with van der Waals surface area (Å²) in [7, 11) is 1.58. The van der Waals surface area contributed by atoms with Gasteiger partial charge in [-0.05, 0) is 42.5 Å². The maximum absolute atomic E-state index is 13.7. The van der Waals surface area contributed by atoms with Crippen LogP contribution in [-0.2, 0) is 16.1 Å². The Kier molecular flexibility index (Phi) is 8.36. The van der Waals surface area contributed by atoms with Crippen LogP contribution < -0.4 is 30.0 Å². The summed E-state index contributed by atoms with van der Waals surface area (Å²) in [5.41, 5.74) is 1.90. The number of carbonyl (C=O) groups is 2. The normalized spacial score (nSPS) is 14.2. The van der Waals surface area contributed by atoms with Crippen LogP contribution in [0.5, 0.6) is 17.2 Å². The molecule has 1 fully saturated rings. The lowest BCUT2D eigenvalue weighted by molar-refractivity contribution is -0.131. The number of fused-ring (bicyclic) bond motifs is 2. The van der Waals surface area contributed by atoms with Gasteiger partial charge in [-0.1, -0.05) is 30.0 Å². The SMILES string of the molecule is COc1ccc(NC(=O)CSc2nc3cc4c(cc3c(=O)n2CCC(=O)N2CCN(c3ccccc3)CC2)OCO4)cc1. The third-order valence-corrected chi connectivity index (χ3v) is 8.40. The molecule has 0 unspecified atom stereocenters. The molecule has 222 valence electrons. The number of hydrogen-bond donors (Lipinski definition) is 1. The number of rotatable bonds is 9. The van der Waals surface area contributed by atoms with Crippen LogP contribution in [0.25, 0.3) is 10.9 Å². The maximum Gasteiger partial charge on any atom is 0.262 e. The summed E-state index contributed by atoms with van der Waals surface area (Å²) in [6.07, 6.45) is 0.134. The quantitative estimate of drug-likeness (QED) is 0.227. The Bertz CT molecular complexity index is 1690. The maximum atomic E-state index is 13.7. The topological polar surface area (TPSA) is 115 Å². The minimum absolute atomic E-state index is 0.0178. The Morgan fingerprint density at radius 3 is 2.42 bits per heavy atom. The van der Waals surface area contributed by atoms with E-state index in [4.69, 9.17) is 19.2 Å². The third kappa shape index (κ3) is 6.38. The van der Waals surface area contributed by atoms with E-state index in [0.29, 0.717) is 52.1 Å². The van der Waals surface area contributed by atoms with Gasteiger partial charge < -0.3 is 29.3 Å². The molecule has 0 spiro atoms. The number of ether oxygens (including phenoxy) is 3. The Hall–Kier alpha value is -4.71. The first kappa shape index (κ1) is 28.4. The van der Waals surface area contributed by atoms with Crippen molar-refractivity contribution in [3.05, 3.63) is 77.1 Å². The van der Waals surface area contributed by atoms with E-state index >= 15 is 0 Å². The molecule has 0 atom stereocenters. The molecule has 2 aliphatic rings. The Balaban J connectivity index is 1.17. The summed E-state index contributed by atoms with van der Waals surface area (Å²) < 4.78 is 17.6. The lowest BCUT2D eigenvalue weighted by atomic mass is 10.2. The van der Waals surface area contributed by atoms with E-state index in [1.54, 1.807) is 43.5 Å². The van der Waals surface area contributed by atoms with Gasteiger partial charge in [-0.2, -0.15) is 0 Å². The minimum Gasteiger partial charge on any atom is -0.497 e. The Morgan fingerprint density at radius 2 is 1.70 bits per heavy atom. The van der Waals surface area contributed by atoms with Gasteiger partial charge in [0.1, 0.15) is 5.75 Å². The standard InChI is InChI=1S/C31H31N5O6S/c1-40-23-9-7-21(8-10-23)32-28(37)19-43-31-33-25-18-27-26(41-20-42-27)17-24(25)30(39)36(31)12-11-29(38)35-15-13-34(14-16-35)22-5-3-2-4-6-22/h2-10,17-18H,11-16,19-20H2,1H3,(H,32,37). The fourth-order valence-electron chi connectivity index (χ4n) is 5.12. The molecular formula is C31H31N5O6S.